The molecular formula is C12H17ClN2O3. The average molecular weight is 273 g/mol. The number of anilines is 1. The molecule has 0 atom stereocenters. The summed E-state index contributed by atoms with van der Waals surface area (Å²) in [4.78, 5) is 14.9. The van der Waals surface area contributed by atoms with Gasteiger partial charge in [0.2, 0.25) is 0 Å². The molecule has 0 aliphatic rings. The number of aromatic carboxylic acids is 1. The van der Waals surface area contributed by atoms with Crippen molar-refractivity contribution in [1.29, 1.82) is 0 Å². The summed E-state index contributed by atoms with van der Waals surface area (Å²) < 4.78 is 0. The first-order chi connectivity index (χ1) is 8.66. The van der Waals surface area contributed by atoms with E-state index in [1.165, 1.54) is 12.3 Å². The van der Waals surface area contributed by atoms with Crippen molar-refractivity contribution in [3.8, 4) is 0 Å². The summed E-state index contributed by atoms with van der Waals surface area (Å²) in [5.74, 6) is -0.660. The first-order valence-corrected chi connectivity index (χ1v) is 6.27. The Bertz CT molecular complexity index is 399. The number of nitrogens with zero attached hydrogens (tertiary/aromatic N) is 1. The third kappa shape index (κ3) is 4.50. The van der Waals surface area contributed by atoms with Gasteiger partial charge in [0.1, 0.15) is 5.82 Å². The molecule has 1 aromatic heterocycles. The lowest BCUT2D eigenvalue weighted by molar-refractivity contribution is 0.0697. The lowest BCUT2D eigenvalue weighted by Crippen LogP contribution is -2.07. The number of carbonyl (C=O) groups is 1. The fraction of sp³-hybridized carbons (Fsp3) is 0.500. The van der Waals surface area contributed by atoms with Crippen molar-refractivity contribution in [2.75, 3.05) is 18.5 Å². The van der Waals surface area contributed by atoms with Crippen LogP contribution in [-0.4, -0.2) is 34.3 Å². The quantitative estimate of drug-likeness (QED) is 0.633. The summed E-state index contributed by atoms with van der Waals surface area (Å²) in [6.45, 7) is 0.905. The van der Waals surface area contributed by atoms with E-state index in [0.717, 1.165) is 25.7 Å². The molecule has 0 bridgehead atoms. The highest BCUT2D eigenvalue weighted by atomic mass is 35.5. The number of aromatic nitrogens is 1. The minimum atomic E-state index is -1.06. The number of carboxylic acid groups (broad SMARTS) is 1. The molecule has 0 amide bonds. The zero-order valence-electron chi connectivity index (χ0n) is 10.0. The minimum Gasteiger partial charge on any atom is -0.478 e. The first-order valence-electron chi connectivity index (χ1n) is 5.89. The molecule has 0 aromatic carbocycles. The molecule has 0 radical (unpaired) electrons. The highest BCUT2D eigenvalue weighted by Gasteiger charge is 2.12. The van der Waals surface area contributed by atoms with Gasteiger partial charge in [-0.2, -0.15) is 0 Å². The summed E-state index contributed by atoms with van der Waals surface area (Å²) in [7, 11) is 0. The largest absolute Gasteiger partial charge is 0.478 e. The molecule has 0 saturated carbocycles. The number of aliphatic hydroxyl groups excluding tert-OH is 1. The Morgan fingerprint density at radius 1 is 1.33 bits per heavy atom. The van der Waals surface area contributed by atoms with Crippen molar-refractivity contribution in [1.82, 2.24) is 4.98 Å². The van der Waals surface area contributed by atoms with Gasteiger partial charge in [0.05, 0.1) is 10.6 Å². The number of unbranched alkanes of at least 4 members (excludes halogenated alkanes) is 3. The fourth-order valence-corrected chi connectivity index (χ4v) is 1.79. The van der Waals surface area contributed by atoms with Crippen LogP contribution in [0.25, 0.3) is 0 Å². The van der Waals surface area contributed by atoms with Crippen molar-refractivity contribution in [2.24, 2.45) is 0 Å². The molecule has 0 unspecified atom stereocenters. The number of hydrogen-bond acceptors (Lipinski definition) is 4. The Morgan fingerprint density at radius 3 is 2.72 bits per heavy atom. The van der Waals surface area contributed by atoms with Crippen molar-refractivity contribution in [3.05, 3.63) is 22.8 Å². The van der Waals surface area contributed by atoms with E-state index in [9.17, 15) is 4.79 Å². The highest BCUT2D eigenvalue weighted by molar-refractivity contribution is 6.35. The number of rotatable bonds is 8. The molecule has 1 heterocycles. The van der Waals surface area contributed by atoms with Crippen LogP contribution in [-0.2, 0) is 0 Å². The fourth-order valence-electron chi connectivity index (χ4n) is 1.53. The monoisotopic (exact) mass is 272 g/mol. The standard InChI is InChI=1S/C12H17ClN2O3/c13-10-9(12(17)18)5-7-15-11(10)14-6-3-1-2-4-8-16/h5,7,16H,1-4,6,8H2,(H,14,15)(H,17,18). The highest BCUT2D eigenvalue weighted by Crippen LogP contribution is 2.23. The maximum Gasteiger partial charge on any atom is 0.337 e. The van der Waals surface area contributed by atoms with Crippen LogP contribution < -0.4 is 5.32 Å². The summed E-state index contributed by atoms with van der Waals surface area (Å²) in [6, 6.07) is 1.37. The zero-order valence-corrected chi connectivity index (χ0v) is 10.8. The summed E-state index contributed by atoms with van der Waals surface area (Å²) in [5.41, 5.74) is 0.0504. The van der Waals surface area contributed by atoms with E-state index >= 15 is 0 Å². The Balaban J connectivity index is 2.43. The van der Waals surface area contributed by atoms with Gasteiger partial charge in [0, 0.05) is 19.3 Å². The number of halogens is 1. The maximum absolute atomic E-state index is 10.9. The Morgan fingerprint density at radius 2 is 2.06 bits per heavy atom. The average Bonchev–Trinajstić information content (AvgIpc) is 2.35. The second kappa shape index (κ2) is 7.89. The number of hydrogen-bond donors (Lipinski definition) is 3. The van der Waals surface area contributed by atoms with Crippen LogP contribution in [0.15, 0.2) is 12.3 Å². The predicted octanol–water partition coefficient (Wildman–Crippen LogP) is 2.40. The summed E-state index contributed by atoms with van der Waals surface area (Å²) in [6.07, 6.45) is 5.14. The van der Waals surface area contributed by atoms with Gasteiger partial charge in [0.15, 0.2) is 0 Å². The molecule has 0 fully saturated rings. The molecule has 0 aliphatic carbocycles. The van der Waals surface area contributed by atoms with Crippen LogP contribution in [0.2, 0.25) is 5.02 Å². The Hall–Kier alpha value is -1.33. The smallest absolute Gasteiger partial charge is 0.337 e. The van der Waals surface area contributed by atoms with E-state index in [1.54, 1.807) is 0 Å². The first kappa shape index (κ1) is 14.7. The zero-order chi connectivity index (χ0) is 13.4. The van der Waals surface area contributed by atoms with Crippen molar-refractivity contribution < 1.29 is 15.0 Å². The van der Waals surface area contributed by atoms with Gasteiger partial charge in [-0.1, -0.05) is 24.4 Å². The van der Waals surface area contributed by atoms with Crippen LogP contribution in [0.1, 0.15) is 36.0 Å². The lowest BCUT2D eigenvalue weighted by Gasteiger charge is -2.08. The van der Waals surface area contributed by atoms with Crippen LogP contribution in [0.3, 0.4) is 0 Å². The molecule has 0 spiro atoms. The molecule has 1 rings (SSSR count). The van der Waals surface area contributed by atoms with Gasteiger partial charge >= 0.3 is 5.97 Å². The van der Waals surface area contributed by atoms with Gasteiger partial charge in [0.25, 0.3) is 0 Å². The maximum atomic E-state index is 10.9. The predicted molar refractivity (Wildman–Crippen MR) is 70.2 cm³/mol. The second-order valence-electron chi connectivity index (χ2n) is 3.89. The van der Waals surface area contributed by atoms with Gasteiger partial charge in [-0.05, 0) is 18.9 Å². The van der Waals surface area contributed by atoms with E-state index in [4.69, 9.17) is 21.8 Å². The van der Waals surface area contributed by atoms with Crippen LogP contribution in [0.4, 0.5) is 5.82 Å². The van der Waals surface area contributed by atoms with Crippen molar-refractivity contribution in [3.63, 3.8) is 0 Å². The van der Waals surface area contributed by atoms with Crippen LogP contribution in [0, 0.1) is 0 Å². The van der Waals surface area contributed by atoms with E-state index < -0.39 is 5.97 Å². The third-order valence-electron chi connectivity index (χ3n) is 2.50. The molecule has 18 heavy (non-hydrogen) atoms. The van der Waals surface area contributed by atoms with Crippen molar-refractivity contribution >= 4 is 23.4 Å². The number of carboxylic acids is 1. The van der Waals surface area contributed by atoms with E-state index in [-0.39, 0.29) is 17.2 Å². The van der Waals surface area contributed by atoms with Crippen LogP contribution in [0.5, 0.6) is 0 Å². The Labute approximate surface area is 111 Å². The van der Waals surface area contributed by atoms with Gasteiger partial charge in [-0.3, -0.25) is 0 Å². The lowest BCUT2D eigenvalue weighted by atomic mass is 10.2. The van der Waals surface area contributed by atoms with Crippen LogP contribution >= 0.6 is 11.6 Å². The number of aliphatic hydroxyl groups is 1. The summed E-state index contributed by atoms with van der Waals surface area (Å²) in [5, 5.41) is 20.7. The SMILES string of the molecule is O=C(O)c1ccnc(NCCCCCCO)c1Cl. The van der Waals surface area contributed by atoms with E-state index in [1.807, 2.05) is 0 Å². The molecule has 100 valence electrons. The van der Waals surface area contributed by atoms with E-state index in [2.05, 4.69) is 10.3 Å². The molecule has 1 aromatic rings. The van der Waals surface area contributed by atoms with Gasteiger partial charge in [-0.15, -0.1) is 0 Å². The number of pyridine rings is 1. The molecule has 3 N–H and O–H groups in total. The topological polar surface area (TPSA) is 82.5 Å². The Kier molecular flexibility index (Phi) is 6.46. The molecule has 0 saturated heterocycles. The molecule has 0 aliphatic heterocycles. The normalized spacial score (nSPS) is 10.3. The van der Waals surface area contributed by atoms with Crippen molar-refractivity contribution in [2.45, 2.75) is 25.7 Å². The molecule has 6 heteroatoms. The number of nitrogens with one attached hydrogen (secondary N) is 1. The van der Waals surface area contributed by atoms with Gasteiger partial charge < -0.3 is 15.5 Å². The summed E-state index contributed by atoms with van der Waals surface area (Å²) >= 11 is 5.93. The molecular weight excluding hydrogens is 256 g/mol. The second-order valence-corrected chi connectivity index (χ2v) is 4.27. The third-order valence-corrected chi connectivity index (χ3v) is 2.88. The van der Waals surface area contributed by atoms with E-state index in [0.29, 0.717) is 12.4 Å². The molecule has 5 nitrogen and oxygen atoms in total. The minimum absolute atomic E-state index is 0.0504. The van der Waals surface area contributed by atoms with Gasteiger partial charge in [-0.25, -0.2) is 9.78 Å².